The molecule has 2 aliphatic rings. The molecule has 1 N–H and O–H groups in total. The predicted molar refractivity (Wildman–Crippen MR) is 63.0 cm³/mol. The van der Waals surface area contributed by atoms with Gasteiger partial charge in [0.2, 0.25) is 0 Å². The topological polar surface area (TPSA) is 21.3 Å². The van der Waals surface area contributed by atoms with Gasteiger partial charge in [-0.3, -0.25) is 0 Å². The Balaban J connectivity index is 1.45. The highest BCUT2D eigenvalue weighted by Gasteiger charge is 2.39. The molecule has 2 nitrogen and oxygen atoms in total. The van der Waals surface area contributed by atoms with Crippen LogP contribution in [0.15, 0.2) is 0 Å². The van der Waals surface area contributed by atoms with Gasteiger partial charge in [-0.2, -0.15) is 0 Å². The van der Waals surface area contributed by atoms with E-state index in [9.17, 15) is 0 Å². The summed E-state index contributed by atoms with van der Waals surface area (Å²) in [6.45, 7) is 5.74. The summed E-state index contributed by atoms with van der Waals surface area (Å²) in [6, 6.07) is 0. The number of hydrogen-bond donors (Lipinski definition) is 1. The smallest absolute Gasteiger partial charge is 0.0576 e. The summed E-state index contributed by atoms with van der Waals surface area (Å²) in [6.07, 6.45) is 9.93. The number of rotatable bonds is 7. The summed E-state index contributed by atoms with van der Waals surface area (Å²) < 4.78 is 5.61. The molecule has 0 aromatic rings. The van der Waals surface area contributed by atoms with Crippen LogP contribution in [0.1, 0.15) is 51.9 Å². The van der Waals surface area contributed by atoms with Gasteiger partial charge in [0.25, 0.3) is 0 Å². The Morgan fingerprint density at radius 1 is 1.40 bits per heavy atom. The first-order valence-corrected chi connectivity index (χ1v) is 6.67. The minimum absolute atomic E-state index is 0.577. The van der Waals surface area contributed by atoms with Crippen LogP contribution in [0, 0.1) is 5.41 Å². The molecule has 0 spiro atoms. The van der Waals surface area contributed by atoms with E-state index in [0.29, 0.717) is 11.5 Å². The monoisotopic (exact) mass is 211 g/mol. The summed E-state index contributed by atoms with van der Waals surface area (Å²) in [5, 5.41) is 3.61. The average Bonchev–Trinajstić information content (AvgIpc) is 2.85. The maximum Gasteiger partial charge on any atom is 0.0576 e. The van der Waals surface area contributed by atoms with Gasteiger partial charge in [-0.1, -0.05) is 6.92 Å². The molecular formula is C13H25NO. The Morgan fingerprint density at radius 2 is 2.27 bits per heavy atom. The summed E-state index contributed by atoms with van der Waals surface area (Å²) in [4.78, 5) is 0. The highest BCUT2D eigenvalue weighted by Crippen LogP contribution is 2.47. The molecule has 0 amide bonds. The maximum absolute atomic E-state index is 5.61. The lowest BCUT2D eigenvalue weighted by Crippen LogP contribution is -2.25. The van der Waals surface area contributed by atoms with Crippen molar-refractivity contribution in [3.63, 3.8) is 0 Å². The number of hydrogen-bond acceptors (Lipinski definition) is 2. The average molecular weight is 211 g/mol. The second-order valence-electron chi connectivity index (χ2n) is 5.31. The van der Waals surface area contributed by atoms with E-state index < -0.39 is 0 Å². The second-order valence-corrected chi connectivity index (χ2v) is 5.31. The molecule has 2 heteroatoms. The minimum atomic E-state index is 0.577. The van der Waals surface area contributed by atoms with Crippen molar-refractivity contribution in [1.82, 2.24) is 5.32 Å². The number of ether oxygens (including phenoxy) is 1. The standard InChI is InChI=1S/C13H25NO/c1-2-13(7-8-13)11-14-9-3-5-12-6-4-10-15-12/h12,14H,2-11H2,1H3. The van der Waals surface area contributed by atoms with E-state index in [0.717, 1.165) is 6.61 Å². The largest absolute Gasteiger partial charge is 0.378 e. The molecule has 88 valence electrons. The van der Waals surface area contributed by atoms with E-state index >= 15 is 0 Å². The lowest BCUT2D eigenvalue weighted by Gasteiger charge is -2.14. The fraction of sp³-hybridized carbons (Fsp3) is 1.00. The van der Waals surface area contributed by atoms with Crippen LogP contribution in [0.5, 0.6) is 0 Å². The molecule has 1 unspecified atom stereocenters. The van der Waals surface area contributed by atoms with E-state index in [-0.39, 0.29) is 0 Å². The first-order valence-electron chi connectivity index (χ1n) is 6.67. The third-order valence-electron chi connectivity index (χ3n) is 4.11. The highest BCUT2D eigenvalue weighted by molar-refractivity contribution is 4.93. The third-order valence-corrected chi connectivity index (χ3v) is 4.11. The summed E-state index contributed by atoms with van der Waals surface area (Å²) in [5.41, 5.74) is 0.698. The first-order chi connectivity index (χ1) is 7.35. The van der Waals surface area contributed by atoms with E-state index in [1.807, 2.05) is 0 Å². The van der Waals surface area contributed by atoms with Crippen LogP contribution >= 0.6 is 0 Å². The second kappa shape index (κ2) is 5.31. The molecule has 0 radical (unpaired) electrons. The van der Waals surface area contributed by atoms with Crippen LogP contribution < -0.4 is 5.32 Å². The summed E-state index contributed by atoms with van der Waals surface area (Å²) >= 11 is 0. The molecular weight excluding hydrogens is 186 g/mol. The van der Waals surface area contributed by atoms with E-state index in [1.165, 1.54) is 58.0 Å². The van der Waals surface area contributed by atoms with Crippen molar-refractivity contribution < 1.29 is 4.74 Å². The maximum atomic E-state index is 5.61. The predicted octanol–water partition coefficient (Wildman–Crippen LogP) is 2.73. The van der Waals surface area contributed by atoms with Crippen LogP contribution in [-0.4, -0.2) is 25.8 Å². The van der Waals surface area contributed by atoms with Crippen LogP contribution in [-0.2, 0) is 4.74 Å². The molecule has 1 saturated carbocycles. The Bertz CT molecular complexity index is 183. The molecule has 0 aromatic carbocycles. The SMILES string of the molecule is CCC1(CNCCCC2CCCO2)CC1. The van der Waals surface area contributed by atoms with Gasteiger partial charge in [0.05, 0.1) is 6.10 Å². The van der Waals surface area contributed by atoms with Gasteiger partial charge in [-0.15, -0.1) is 0 Å². The van der Waals surface area contributed by atoms with E-state index in [1.54, 1.807) is 0 Å². The van der Waals surface area contributed by atoms with Crippen molar-refractivity contribution in [1.29, 1.82) is 0 Å². The van der Waals surface area contributed by atoms with Gasteiger partial charge in [-0.05, 0) is 56.9 Å². The van der Waals surface area contributed by atoms with Crippen molar-refractivity contribution in [2.24, 2.45) is 5.41 Å². The normalized spacial score (nSPS) is 28.2. The molecule has 15 heavy (non-hydrogen) atoms. The summed E-state index contributed by atoms with van der Waals surface area (Å²) in [5.74, 6) is 0. The Labute approximate surface area is 93.8 Å². The highest BCUT2D eigenvalue weighted by atomic mass is 16.5. The fourth-order valence-electron chi connectivity index (χ4n) is 2.51. The molecule has 2 rings (SSSR count). The third kappa shape index (κ3) is 3.46. The quantitative estimate of drug-likeness (QED) is 0.654. The molecule has 2 fully saturated rings. The Kier molecular flexibility index (Phi) is 4.04. The lowest BCUT2D eigenvalue weighted by molar-refractivity contribution is 0.102. The van der Waals surface area contributed by atoms with Gasteiger partial charge in [0.15, 0.2) is 0 Å². The molecule has 0 bridgehead atoms. The van der Waals surface area contributed by atoms with E-state index in [2.05, 4.69) is 12.2 Å². The van der Waals surface area contributed by atoms with Crippen molar-refractivity contribution in [3.8, 4) is 0 Å². The Morgan fingerprint density at radius 3 is 2.87 bits per heavy atom. The van der Waals surface area contributed by atoms with Gasteiger partial charge >= 0.3 is 0 Å². The molecule has 1 saturated heterocycles. The molecule has 0 aromatic heterocycles. The zero-order chi connectivity index (χ0) is 10.6. The van der Waals surface area contributed by atoms with Crippen LogP contribution in [0.3, 0.4) is 0 Å². The fourth-order valence-corrected chi connectivity index (χ4v) is 2.51. The van der Waals surface area contributed by atoms with Crippen molar-refractivity contribution in [2.45, 2.75) is 58.0 Å². The molecule has 1 aliphatic heterocycles. The molecule has 1 atom stereocenters. The van der Waals surface area contributed by atoms with Gasteiger partial charge in [-0.25, -0.2) is 0 Å². The van der Waals surface area contributed by atoms with Crippen molar-refractivity contribution >= 4 is 0 Å². The first kappa shape index (κ1) is 11.4. The summed E-state index contributed by atoms with van der Waals surface area (Å²) in [7, 11) is 0. The van der Waals surface area contributed by atoms with Crippen molar-refractivity contribution in [2.75, 3.05) is 19.7 Å². The molecule has 1 heterocycles. The number of nitrogens with one attached hydrogen (secondary N) is 1. The van der Waals surface area contributed by atoms with Crippen molar-refractivity contribution in [3.05, 3.63) is 0 Å². The van der Waals surface area contributed by atoms with Crippen LogP contribution in [0.25, 0.3) is 0 Å². The Hall–Kier alpha value is -0.0800. The van der Waals surface area contributed by atoms with Gasteiger partial charge in [0.1, 0.15) is 0 Å². The zero-order valence-electron chi connectivity index (χ0n) is 10.1. The molecule has 1 aliphatic carbocycles. The van der Waals surface area contributed by atoms with Gasteiger partial charge < -0.3 is 10.1 Å². The minimum Gasteiger partial charge on any atom is -0.378 e. The van der Waals surface area contributed by atoms with Gasteiger partial charge in [0, 0.05) is 13.2 Å². The van der Waals surface area contributed by atoms with E-state index in [4.69, 9.17) is 4.74 Å². The zero-order valence-corrected chi connectivity index (χ0v) is 10.1. The lowest BCUT2D eigenvalue weighted by atomic mass is 10.0. The van der Waals surface area contributed by atoms with Crippen LogP contribution in [0.4, 0.5) is 0 Å². The van der Waals surface area contributed by atoms with Crippen LogP contribution in [0.2, 0.25) is 0 Å².